The normalized spacial score (nSPS) is 11.5. The van der Waals surface area contributed by atoms with E-state index in [2.05, 4.69) is 12.2 Å². The monoisotopic (exact) mass is 406 g/mol. The number of rotatable bonds is 6. The molecule has 0 aliphatic rings. The number of nitrogens with one attached hydrogen (secondary N) is 1. The zero-order chi connectivity index (χ0) is 20.8. The molecule has 7 heteroatoms. The van der Waals surface area contributed by atoms with Crippen LogP contribution in [0.2, 0.25) is 0 Å². The number of aliphatic hydroxyl groups excluding tert-OH is 1. The van der Waals surface area contributed by atoms with Crippen LogP contribution in [-0.4, -0.2) is 15.0 Å². The highest BCUT2D eigenvalue weighted by Gasteiger charge is 2.24. The van der Waals surface area contributed by atoms with Gasteiger partial charge < -0.3 is 10.4 Å². The fraction of sp³-hybridized carbons (Fsp3) is 0.0909. The van der Waals surface area contributed by atoms with Crippen LogP contribution < -0.4 is 9.88 Å². The summed E-state index contributed by atoms with van der Waals surface area (Å²) < 4.78 is 1.67. The molecule has 0 atom stereocenters. The number of aliphatic hydroxyl groups is 1. The van der Waals surface area contributed by atoms with Gasteiger partial charge in [0.25, 0.3) is 11.4 Å². The minimum atomic E-state index is -0.501. The second kappa shape index (κ2) is 9.07. The first-order valence-electron chi connectivity index (χ1n) is 9.04. The number of nitro groups is 1. The molecule has 0 fully saturated rings. The molecular formula is C22H20N3O3S+. The highest BCUT2D eigenvalue weighted by Crippen LogP contribution is 2.23. The van der Waals surface area contributed by atoms with Crippen LogP contribution in [0.3, 0.4) is 0 Å². The Hall–Kier alpha value is -3.58. The zero-order valence-corrected chi connectivity index (χ0v) is 16.6. The number of pyridine rings is 1. The highest BCUT2D eigenvalue weighted by atomic mass is 32.1. The molecule has 0 radical (unpaired) electrons. The van der Waals surface area contributed by atoms with Crippen LogP contribution in [-0.2, 0) is 6.42 Å². The molecule has 29 heavy (non-hydrogen) atoms. The van der Waals surface area contributed by atoms with Crippen LogP contribution >= 0.6 is 12.2 Å². The number of aryl methyl sites for hydroxylation is 1. The Morgan fingerprint density at radius 2 is 1.83 bits per heavy atom. The van der Waals surface area contributed by atoms with Gasteiger partial charge in [-0.05, 0) is 24.1 Å². The van der Waals surface area contributed by atoms with Crippen molar-refractivity contribution in [3.63, 3.8) is 0 Å². The Balaban J connectivity index is 2.07. The second-order valence-electron chi connectivity index (χ2n) is 6.30. The number of aromatic nitrogens is 1. The Bertz CT molecular complexity index is 1080. The highest BCUT2D eigenvalue weighted by molar-refractivity contribution is 7.81. The Kier molecular flexibility index (Phi) is 6.31. The van der Waals surface area contributed by atoms with Crippen molar-refractivity contribution >= 4 is 40.0 Å². The van der Waals surface area contributed by atoms with E-state index in [1.54, 1.807) is 35.2 Å². The van der Waals surface area contributed by atoms with Gasteiger partial charge in [0.1, 0.15) is 0 Å². The van der Waals surface area contributed by atoms with Gasteiger partial charge in [-0.15, -0.1) is 0 Å². The Morgan fingerprint density at radius 3 is 2.52 bits per heavy atom. The summed E-state index contributed by atoms with van der Waals surface area (Å²) in [5.41, 5.74) is 2.47. The number of nitrogens with zero attached hydrogens (tertiary/aromatic N) is 2. The van der Waals surface area contributed by atoms with Gasteiger partial charge in [-0.2, -0.15) is 4.57 Å². The summed E-state index contributed by atoms with van der Waals surface area (Å²) in [7, 11) is 0. The van der Waals surface area contributed by atoms with Crippen LogP contribution in [0.5, 0.6) is 0 Å². The SMILES string of the molecule is CCc1cccc(NC(=S)/C(=C(/O)c2cccc([N+](=O)[O-])c2)[n+]2ccccc2)c1. The second-order valence-corrected chi connectivity index (χ2v) is 6.70. The number of benzene rings is 2. The van der Waals surface area contributed by atoms with Gasteiger partial charge >= 0.3 is 0 Å². The van der Waals surface area contributed by atoms with Crippen molar-refractivity contribution in [2.45, 2.75) is 13.3 Å². The van der Waals surface area contributed by atoms with Crippen molar-refractivity contribution in [2.24, 2.45) is 0 Å². The van der Waals surface area contributed by atoms with E-state index in [4.69, 9.17) is 12.2 Å². The fourth-order valence-electron chi connectivity index (χ4n) is 2.86. The molecule has 2 aromatic carbocycles. The molecule has 0 spiro atoms. The van der Waals surface area contributed by atoms with E-state index < -0.39 is 4.92 Å². The first kappa shape index (κ1) is 20.2. The van der Waals surface area contributed by atoms with Gasteiger partial charge in [-0.25, -0.2) is 0 Å². The van der Waals surface area contributed by atoms with E-state index >= 15 is 0 Å². The van der Waals surface area contributed by atoms with Gasteiger partial charge in [-0.1, -0.05) is 49.5 Å². The standard InChI is InChI=1S/C22H19N3O3S/c1-2-16-8-6-10-18(14-16)23-22(29)20(24-12-4-3-5-13-24)21(26)17-9-7-11-19(15-17)25(27)28/h3-15H,2H2,1H3,(H-,23,26,29)/p+1. The van der Waals surface area contributed by atoms with Gasteiger partial charge in [0, 0.05) is 35.5 Å². The lowest BCUT2D eigenvalue weighted by molar-refractivity contribution is -0.575. The average Bonchev–Trinajstić information content (AvgIpc) is 2.74. The molecule has 0 saturated heterocycles. The molecule has 0 aliphatic carbocycles. The third-order valence-corrected chi connectivity index (χ3v) is 4.63. The number of nitro benzene ring substituents is 1. The summed E-state index contributed by atoms with van der Waals surface area (Å²) in [6.45, 7) is 2.07. The summed E-state index contributed by atoms with van der Waals surface area (Å²) in [5.74, 6) is -0.158. The quantitative estimate of drug-likeness (QED) is 0.154. The van der Waals surface area contributed by atoms with Crippen molar-refractivity contribution in [3.05, 3.63) is 100 Å². The first-order chi connectivity index (χ1) is 14.0. The zero-order valence-electron chi connectivity index (χ0n) is 15.8. The Morgan fingerprint density at radius 1 is 1.10 bits per heavy atom. The molecule has 2 N–H and O–H groups in total. The summed E-state index contributed by atoms with van der Waals surface area (Å²) >= 11 is 5.60. The predicted molar refractivity (Wildman–Crippen MR) is 118 cm³/mol. The number of hydrogen-bond acceptors (Lipinski definition) is 4. The molecule has 1 aromatic heterocycles. The molecule has 3 rings (SSSR count). The van der Waals surface area contributed by atoms with Crippen molar-refractivity contribution in [1.29, 1.82) is 0 Å². The lowest BCUT2D eigenvalue weighted by atomic mass is 10.1. The van der Waals surface area contributed by atoms with Crippen molar-refractivity contribution in [1.82, 2.24) is 0 Å². The van der Waals surface area contributed by atoms with Gasteiger partial charge in [0.15, 0.2) is 23.1 Å². The third-order valence-electron chi connectivity index (χ3n) is 4.34. The molecule has 0 unspecified atom stereocenters. The fourth-order valence-corrected chi connectivity index (χ4v) is 3.18. The van der Waals surface area contributed by atoms with Crippen LogP contribution in [0.25, 0.3) is 11.5 Å². The maximum Gasteiger partial charge on any atom is 0.288 e. The minimum Gasteiger partial charge on any atom is -0.502 e. The number of hydrogen-bond donors (Lipinski definition) is 2. The topological polar surface area (TPSA) is 79.3 Å². The maximum absolute atomic E-state index is 11.1. The summed E-state index contributed by atoms with van der Waals surface area (Å²) in [5, 5.41) is 25.3. The van der Waals surface area contributed by atoms with Crippen LogP contribution in [0.1, 0.15) is 18.1 Å². The van der Waals surface area contributed by atoms with Crippen molar-refractivity contribution in [2.75, 3.05) is 5.32 Å². The average molecular weight is 406 g/mol. The lowest BCUT2D eigenvalue weighted by Gasteiger charge is -2.11. The van der Waals surface area contributed by atoms with E-state index in [1.165, 1.54) is 18.2 Å². The van der Waals surface area contributed by atoms with Crippen molar-refractivity contribution in [3.8, 4) is 0 Å². The van der Waals surface area contributed by atoms with Crippen LogP contribution in [0.15, 0.2) is 79.1 Å². The Labute approximate surface area is 173 Å². The van der Waals surface area contributed by atoms with E-state index in [0.29, 0.717) is 16.2 Å². The van der Waals surface area contributed by atoms with Crippen LogP contribution in [0.4, 0.5) is 11.4 Å². The number of non-ortho nitro benzene ring substituents is 1. The maximum atomic E-state index is 11.1. The van der Waals surface area contributed by atoms with E-state index in [0.717, 1.165) is 17.7 Å². The summed E-state index contributed by atoms with van der Waals surface area (Å²) in [4.78, 5) is 10.9. The van der Waals surface area contributed by atoms with E-state index in [9.17, 15) is 15.2 Å². The number of thiocarbonyl (C=S) groups is 1. The predicted octanol–water partition coefficient (Wildman–Crippen LogP) is 4.77. The van der Waals surface area contributed by atoms with Crippen molar-refractivity contribution < 1.29 is 14.6 Å². The molecule has 0 aliphatic heterocycles. The van der Waals surface area contributed by atoms with E-state index in [-0.39, 0.29) is 11.4 Å². The lowest BCUT2D eigenvalue weighted by Crippen LogP contribution is -2.38. The third kappa shape index (κ3) is 4.83. The summed E-state index contributed by atoms with van der Waals surface area (Å²) in [6.07, 6.45) is 4.38. The molecule has 0 bridgehead atoms. The summed E-state index contributed by atoms with van der Waals surface area (Å²) in [6, 6.07) is 19.1. The van der Waals surface area contributed by atoms with Crippen LogP contribution in [0, 0.1) is 10.1 Å². The molecule has 6 nitrogen and oxygen atoms in total. The largest absolute Gasteiger partial charge is 0.502 e. The molecule has 3 aromatic rings. The van der Waals surface area contributed by atoms with Gasteiger partial charge in [-0.3, -0.25) is 10.1 Å². The number of anilines is 1. The molecular weight excluding hydrogens is 386 g/mol. The molecule has 0 saturated carbocycles. The first-order valence-corrected chi connectivity index (χ1v) is 9.45. The molecule has 146 valence electrons. The molecule has 1 heterocycles. The smallest absolute Gasteiger partial charge is 0.288 e. The van der Waals surface area contributed by atoms with E-state index in [1.807, 2.05) is 30.3 Å². The molecule has 0 amide bonds. The van der Waals surface area contributed by atoms with Gasteiger partial charge in [0.2, 0.25) is 0 Å². The van der Waals surface area contributed by atoms with Gasteiger partial charge in [0.05, 0.1) is 4.92 Å². The minimum absolute atomic E-state index is 0.110.